The molecule has 0 amide bonds. The molecule has 24 heavy (non-hydrogen) atoms. The van der Waals surface area contributed by atoms with Gasteiger partial charge in [0.15, 0.2) is 0 Å². The number of phenolic OH excluding ortho intramolecular Hbond substituents is 1. The van der Waals surface area contributed by atoms with Crippen molar-refractivity contribution < 1.29 is 23.8 Å². The van der Waals surface area contributed by atoms with E-state index in [1.165, 1.54) is 31.4 Å². The third kappa shape index (κ3) is 3.22. The van der Waals surface area contributed by atoms with Crippen LogP contribution < -0.4 is 10.4 Å². The first-order valence-electron chi connectivity index (χ1n) is 7.14. The smallest absolute Gasteiger partial charge is 0.338 e. The fraction of sp³-hybridized carbons (Fsp3) is 0.111. The number of fused-ring (bicyclic) bond motifs is 1. The molecule has 0 unspecified atom stereocenters. The lowest BCUT2D eigenvalue weighted by atomic mass is 10.1. The number of carbonyl (C=O) groups is 1. The molecule has 0 aliphatic rings. The molecule has 122 valence electrons. The molecule has 0 atom stereocenters. The Morgan fingerprint density at radius 2 is 2.00 bits per heavy atom. The van der Waals surface area contributed by atoms with Crippen molar-refractivity contribution in [3.8, 4) is 11.5 Å². The summed E-state index contributed by atoms with van der Waals surface area (Å²) in [5.41, 5.74) is 0.561. The number of aromatic hydroxyl groups is 1. The lowest BCUT2D eigenvalue weighted by molar-refractivity contribution is 0.0473. The first kappa shape index (κ1) is 15.6. The maximum absolute atomic E-state index is 12.0. The number of methoxy groups -OCH3 is 1. The molecule has 6 nitrogen and oxygen atoms in total. The molecular formula is C18H14O6. The van der Waals surface area contributed by atoms with Gasteiger partial charge in [0.1, 0.15) is 23.7 Å². The average molecular weight is 326 g/mol. The number of benzene rings is 2. The fourth-order valence-corrected chi connectivity index (χ4v) is 2.32. The van der Waals surface area contributed by atoms with Gasteiger partial charge in [0.2, 0.25) is 0 Å². The Kier molecular flexibility index (Phi) is 4.20. The summed E-state index contributed by atoms with van der Waals surface area (Å²) in [5.74, 6) is -0.0669. The largest absolute Gasteiger partial charge is 0.508 e. The molecule has 6 heteroatoms. The van der Waals surface area contributed by atoms with Crippen molar-refractivity contribution in [3.63, 3.8) is 0 Å². The number of esters is 1. The number of hydrogen-bond donors (Lipinski definition) is 1. The maximum atomic E-state index is 12.0. The van der Waals surface area contributed by atoms with Crippen molar-refractivity contribution in [2.75, 3.05) is 7.11 Å². The molecule has 0 bridgehead atoms. The van der Waals surface area contributed by atoms with E-state index in [0.717, 1.165) is 0 Å². The Labute approximate surface area is 136 Å². The van der Waals surface area contributed by atoms with Crippen LogP contribution in [0.4, 0.5) is 0 Å². The van der Waals surface area contributed by atoms with Gasteiger partial charge in [-0.05, 0) is 30.3 Å². The molecule has 0 aliphatic heterocycles. The maximum Gasteiger partial charge on any atom is 0.338 e. The predicted octanol–water partition coefficient (Wildman–Crippen LogP) is 2.86. The van der Waals surface area contributed by atoms with Gasteiger partial charge >= 0.3 is 11.6 Å². The zero-order valence-electron chi connectivity index (χ0n) is 12.8. The molecule has 0 saturated carbocycles. The van der Waals surface area contributed by atoms with Crippen LogP contribution in [0.15, 0.2) is 57.7 Å². The molecule has 1 heterocycles. The number of rotatable bonds is 4. The van der Waals surface area contributed by atoms with Crippen LogP contribution in [-0.2, 0) is 11.3 Å². The van der Waals surface area contributed by atoms with Gasteiger partial charge in [0, 0.05) is 23.1 Å². The second-order valence-electron chi connectivity index (χ2n) is 5.08. The van der Waals surface area contributed by atoms with Gasteiger partial charge in [-0.15, -0.1) is 0 Å². The molecule has 1 aromatic heterocycles. The van der Waals surface area contributed by atoms with Crippen molar-refractivity contribution in [1.82, 2.24) is 0 Å². The molecule has 1 N–H and O–H groups in total. The summed E-state index contributed by atoms with van der Waals surface area (Å²) in [5, 5.41) is 10.1. The summed E-state index contributed by atoms with van der Waals surface area (Å²) in [6, 6.07) is 12.2. The third-order valence-electron chi connectivity index (χ3n) is 3.48. The van der Waals surface area contributed by atoms with E-state index in [0.29, 0.717) is 22.3 Å². The van der Waals surface area contributed by atoms with E-state index < -0.39 is 11.6 Å². The highest BCUT2D eigenvalue weighted by Crippen LogP contribution is 2.23. The van der Waals surface area contributed by atoms with Crippen molar-refractivity contribution in [2.45, 2.75) is 6.61 Å². The summed E-state index contributed by atoms with van der Waals surface area (Å²) >= 11 is 0. The third-order valence-corrected chi connectivity index (χ3v) is 3.48. The van der Waals surface area contributed by atoms with E-state index in [2.05, 4.69) is 0 Å². The van der Waals surface area contributed by atoms with Crippen LogP contribution in [0, 0.1) is 0 Å². The zero-order valence-corrected chi connectivity index (χ0v) is 12.8. The number of carbonyl (C=O) groups excluding carboxylic acids is 1. The van der Waals surface area contributed by atoms with Crippen LogP contribution in [0.2, 0.25) is 0 Å². The Hall–Kier alpha value is -3.28. The lowest BCUT2D eigenvalue weighted by Crippen LogP contribution is -2.08. The summed E-state index contributed by atoms with van der Waals surface area (Å²) < 4.78 is 15.5. The van der Waals surface area contributed by atoms with Crippen LogP contribution >= 0.6 is 0 Å². The van der Waals surface area contributed by atoms with Gasteiger partial charge in [-0.25, -0.2) is 9.59 Å². The zero-order chi connectivity index (χ0) is 17.1. The molecule has 2 aromatic carbocycles. The van der Waals surface area contributed by atoms with Crippen LogP contribution in [0.1, 0.15) is 15.9 Å². The van der Waals surface area contributed by atoms with Crippen molar-refractivity contribution in [1.29, 1.82) is 0 Å². The Morgan fingerprint density at radius 3 is 2.75 bits per heavy atom. The molecular weight excluding hydrogens is 312 g/mol. The first-order valence-corrected chi connectivity index (χ1v) is 7.14. The fourth-order valence-electron chi connectivity index (χ4n) is 2.32. The molecule has 0 saturated heterocycles. The number of ether oxygens (including phenoxy) is 2. The van der Waals surface area contributed by atoms with Crippen molar-refractivity contribution >= 4 is 16.9 Å². The van der Waals surface area contributed by atoms with Crippen LogP contribution in [0.3, 0.4) is 0 Å². The Balaban J connectivity index is 1.87. The molecule has 0 aliphatic carbocycles. The Bertz CT molecular complexity index is 957. The number of hydrogen-bond acceptors (Lipinski definition) is 6. The normalized spacial score (nSPS) is 10.5. The van der Waals surface area contributed by atoms with E-state index in [1.54, 1.807) is 24.3 Å². The van der Waals surface area contributed by atoms with Gasteiger partial charge in [-0.3, -0.25) is 0 Å². The summed E-state index contributed by atoms with van der Waals surface area (Å²) in [7, 11) is 1.51. The molecule has 0 fully saturated rings. The highest BCUT2D eigenvalue weighted by atomic mass is 16.5. The van der Waals surface area contributed by atoms with Crippen LogP contribution in [-0.4, -0.2) is 18.2 Å². The van der Waals surface area contributed by atoms with Gasteiger partial charge in [0.25, 0.3) is 0 Å². The number of phenols is 1. The van der Waals surface area contributed by atoms with E-state index >= 15 is 0 Å². The van der Waals surface area contributed by atoms with Crippen molar-refractivity contribution in [2.24, 2.45) is 0 Å². The van der Waals surface area contributed by atoms with Gasteiger partial charge in [-0.2, -0.15) is 0 Å². The first-order chi connectivity index (χ1) is 11.6. The molecule has 0 spiro atoms. The van der Waals surface area contributed by atoms with E-state index in [1.807, 2.05) is 0 Å². The van der Waals surface area contributed by atoms with Gasteiger partial charge in [-0.1, -0.05) is 6.07 Å². The quantitative estimate of drug-likeness (QED) is 0.586. The summed E-state index contributed by atoms with van der Waals surface area (Å²) in [4.78, 5) is 23.7. The second-order valence-corrected chi connectivity index (χ2v) is 5.08. The van der Waals surface area contributed by atoms with E-state index in [-0.39, 0.29) is 17.9 Å². The minimum Gasteiger partial charge on any atom is -0.508 e. The Morgan fingerprint density at radius 1 is 1.17 bits per heavy atom. The second kappa shape index (κ2) is 6.45. The standard InChI is InChI=1S/C18H14O6/c1-22-14-5-6-15-12(8-17(20)24-16(15)9-14)10-23-18(21)11-3-2-4-13(19)7-11/h2-9,19H,10H2,1H3. The molecule has 0 radical (unpaired) electrons. The minimum atomic E-state index is -0.596. The molecule has 3 rings (SSSR count). The summed E-state index contributed by atoms with van der Waals surface area (Å²) in [6.07, 6.45) is 0. The highest BCUT2D eigenvalue weighted by Gasteiger charge is 2.11. The monoisotopic (exact) mass is 326 g/mol. The van der Waals surface area contributed by atoms with Gasteiger partial charge in [0.05, 0.1) is 12.7 Å². The van der Waals surface area contributed by atoms with Gasteiger partial charge < -0.3 is 19.0 Å². The minimum absolute atomic E-state index is 0.0256. The lowest BCUT2D eigenvalue weighted by Gasteiger charge is -2.08. The van der Waals surface area contributed by atoms with Crippen molar-refractivity contribution in [3.05, 3.63) is 70.1 Å². The highest BCUT2D eigenvalue weighted by molar-refractivity contribution is 5.90. The van der Waals surface area contributed by atoms with Crippen LogP contribution in [0.25, 0.3) is 11.0 Å². The topological polar surface area (TPSA) is 86.0 Å². The predicted molar refractivity (Wildman–Crippen MR) is 86.3 cm³/mol. The average Bonchev–Trinajstić information content (AvgIpc) is 2.58. The van der Waals surface area contributed by atoms with Crippen LogP contribution in [0.5, 0.6) is 11.5 Å². The summed E-state index contributed by atoms with van der Waals surface area (Å²) in [6.45, 7) is -0.0943. The SMILES string of the molecule is COc1ccc2c(COC(=O)c3cccc(O)c3)cc(=O)oc2c1. The van der Waals surface area contributed by atoms with E-state index in [4.69, 9.17) is 13.9 Å². The van der Waals surface area contributed by atoms with E-state index in [9.17, 15) is 14.7 Å². The molecule has 3 aromatic rings.